The van der Waals surface area contributed by atoms with Gasteiger partial charge in [0.25, 0.3) is 0 Å². The van der Waals surface area contributed by atoms with E-state index < -0.39 is 6.61 Å². The number of hydrogen-bond donors (Lipinski definition) is 0. The smallest absolute Gasteiger partial charge is 0.387 e. The molecule has 0 atom stereocenters. The standard InChI is InChI=1S/C19H18FN3OS.C7H6F2O/c1-12(24)22-7-8-23-18-9-15(13-3-5-14(25-2)6-4-13)16(20)10-17(18)21-19(23)11-22;8-7(9)10-6-4-2-1-3-5-6/h3-6,9-10H,7-8,11H2,1-2H3;1-5,7H. The number of hydrogen-bond acceptors (Lipinski definition) is 4. The van der Waals surface area contributed by atoms with E-state index in [0.29, 0.717) is 30.7 Å². The van der Waals surface area contributed by atoms with Crippen LogP contribution in [0.1, 0.15) is 12.7 Å². The van der Waals surface area contributed by atoms with Gasteiger partial charge in [-0.25, -0.2) is 9.37 Å². The number of halogens is 3. The van der Waals surface area contributed by atoms with Crippen molar-refractivity contribution in [2.75, 3.05) is 12.8 Å². The van der Waals surface area contributed by atoms with Gasteiger partial charge >= 0.3 is 6.61 Å². The van der Waals surface area contributed by atoms with E-state index in [1.54, 1.807) is 41.8 Å². The first-order chi connectivity index (χ1) is 16.9. The van der Waals surface area contributed by atoms with E-state index in [2.05, 4.69) is 14.3 Å². The predicted molar refractivity (Wildman–Crippen MR) is 131 cm³/mol. The summed E-state index contributed by atoms with van der Waals surface area (Å²) in [5, 5.41) is 0. The Morgan fingerprint density at radius 3 is 2.40 bits per heavy atom. The number of alkyl halides is 2. The molecule has 4 aromatic rings. The highest BCUT2D eigenvalue weighted by molar-refractivity contribution is 7.98. The maximum absolute atomic E-state index is 14.6. The number of carbonyl (C=O) groups is 1. The zero-order valence-corrected chi connectivity index (χ0v) is 20.1. The van der Waals surface area contributed by atoms with Crippen LogP contribution in [0.25, 0.3) is 22.2 Å². The van der Waals surface area contributed by atoms with Crippen molar-refractivity contribution in [1.82, 2.24) is 14.5 Å². The van der Waals surface area contributed by atoms with Crippen LogP contribution in [0, 0.1) is 5.82 Å². The van der Waals surface area contributed by atoms with Crippen LogP contribution >= 0.6 is 11.8 Å². The molecule has 182 valence electrons. The second kappa shape index (κ2) is 10.9. The third-order valence-electron chi connectivity index (χ3n) is 5.66. The van der Waals surface area contributed by atoms with Crippen molar-refractivity contribution < 1.29 is 22.7 Å². The van der Waals surface area contributed by atoms with E-state index >= 15 is 0 Å². The van der Waals surface area contributed by atoms with Gasteiger partial charge in [0, 0.05) is 36.5 Å². The number of benzene rings is 3. The summed E-state index contributed by atoms with van der Waals surface area (Å²) in [4.78, 5) is 19.0. The molecule has 3 aromatic carbocycles. The van der Waals surface area contributed by atoms with E-state index in [1.165, 1.54) is 18.2 Å². The van der Waals surface area contributed by atoms with Crippen molar-refractivity contribution in [1.29, 1.82) is 0 Å². The van der Waals surface area contributed by atoms with Crippen molar-refractivity contribution in [3.8, 4) is 16.9 Å². The zero-order chi connectivity index (χ0) is 24.9. The van der Waals surface area contributed by atoms with Gasteiger partial charge in [-0.2, -0.15) is 8.78 Å². The molecule has 0 fully saturated rings. The maximum Gasteiger partial charge on any atom is 0.387 e. The van der Waals surface area contributed by atoms with Gasteiger partial charge < -0.3 is 14.2 Å². The molecule has 0 unspecified atom stereocenters. The fourth-order valence-electron chi connectivity index (χ4n) is 3.90. The first-order valence-corrected chi connectivity index (χ1v) is 12.2. The largest absolute Gasteiger partial charge is 0.435 e. The minimum absolute atomic E-state index is 0.0408. The number of nitrogens with zero attached hydrogens (tertiary/aromatic N) is 3. The van der Waals surface area contributed by atoms with Crippen LogP contribution in [-0.2, 0) is 17.9 Å². The van der Waals surface area contributed by atoms with Crippen LogP contribution in [0.2, 0.25) is 0 Å². The molecular weight excluding hydrogens is 475 g/mol. The van der Waals surface area contributed by atoms with Gasteiger partial charge in [0.1, 0.15) is 17.4 Å². The Morgan fingerprint density at radius 2 is 1.77 bits per heavy atom. The minimum atomic E-state index is -2.73. The molecule has 0 bridgehead atoms. The van der Waals surface area contributed by atoms with Gasteiger partial charge in [-0.3, -0.25) is 4.79 Å². The third-order valence-corrected chi connectivity index (χ3v) is 6.40. The fraction of sp³-hybridized carbons (Fsp3) is 0.231. The molecule has 0 N–H and O–H groups in total. The van der Waals surface area contributed by atoms with Crippen molar-refractivity contribution >= 4 is 28.7 Å². The Balaban J connectivity index is 0.000000243. The number of imidazole rings is 1. The van der Waals surface area contributed by atoms with Crippen LogP contribution in [0.4, 0.5) is 13.2 Å². The average molecular weight is 500 g/mol. The Morgan fingerprint density at radius 1 is 1.06 bits per heavy atom. The van der Waals surface area contributed by atoms with Gasteiger partial charge in [-0.1, -0.05) is 30.3 Å². The Bertz CT molecular complexity index is 1310. The molecule has 1 aromatic heterocycles. The third kappa shape index (κ3) is 5.79. The van der Waals surface area contributed by atoms with E-state index in [-0.39, 0.29) is 17.5 Å². The maximum atomic E-state index is 14.6. The lowest BCUT2D eigenvalue weighted by Gasteiger charge is -2.26. The second-order valence-corrected chi connectivity index (χ2v) is 8.74. The molecule has 2 heterocycles. The quantitative estimate of drug-likeness (QED) is 0.313. The van der Waals surface area contributed by atoms with Gasteiger partial charge in [0.2, 0.25) is 5.91 Å². The van der Waals surface area contributed by atoms with Gasteiger partial charge in [-0.15, -0.1) is 11.8 Å². The molecule has 0 saturated carbocycles. The minimum Gasteiger partial charge on any atom is -0.435 e. The number of rotatable bonds is 4. The lowest BCUT2D eigenvalue weighted by Crippen LogP contribution is -2.36. The van der Waals surface area contributed by atoms with E-state index in [9.17, 15) is 18.0 Å². The second-order valence-electron chi connectivity index (χ2n) is 7.86. The van der Waals surface area contributed by atoms with Crippen molar-refractivity contribution in [2.45, 2.75) is 31.5 Å². The molecular formula is C26H24F3N3O2S. The molecule has 5 nitrogen and oxygen atoms in total. The van der Waals surface area contributed by atoms with Gasteiger partial charge in [0.15, 0.2) is 0 Å². The number of aromatic nitrogens is 2. The molecule has 1 aliphatic rings. The summed E-state index contributed by atoms with van der Waals surface area (Å²) in [6.45, 7) is 0.644. The summed E-state index contributed by atoms with van der Waals surface area (Å²) in [7, 11) is 0. The Hall–Kier alpha value is -3.46. The summed E-state index contributed by atoms with van der Waals surface area (Å²) in [6.07, 6.45) is 2.02. The normalized spacial score (nSPS) is 12.8. The van der Waals surface area contributed by atoms with Gasteiger partial charge in [-0.05, 0) is 42.2 Å². The predicted octanol–water partition coefficient (Wildman–Crippen LogP) is 6.21. The number of carbonyl (C=O) groups excluding carboxylic acids is 1. The number of amides is 1. The molecule has 5 rings (SSSR count). The van der Waals surface area contributed by atoms with E-state index in [0.717, 1.165) is 21.8 Å². The van der Waals surface area contributed by atoms with E-state index in [4.69, 9.17) is 0 Å². The Labute approximate surface area is 205 Å². The summed E-state index contributed by atoms with van der Waals surface area (Å²) in [6, 6.07) is 19.2. The van der Waals surface area contributed by atoms with Crippen molar-refractivity contribution in [3.63, 3.8) is 0 Å². The number of para-hydroxylation sites is 1. The monoisotopic (exact) mass is 499 g/mol. The highest BCUT2D eigenvalue weighted by atomic mass is 32.2. The fourth-order valence-corrected chi connectivity index (χ4v) is 4.31. The lowest BCUT2D eigenvalue weighted by atomic mass is 10.0. The van der Waals surface area contributed by atoms with Crippen LogP contribution in [0.3, 0.4) is 0 Å². The number of fused-ring (bicyclic) bond motifs is 3. The van der Waals surface area contributed by atoms with Crippen LogP contribution in [0.5, 0.6) is 5.75 Å². The summed E-state index contributed by atoms with van der Waals surface area (Å²) in [5.74, 6) is 0.769. The molecule has 0 saturated heterocycles. The Kier molecular flexibility index (Phi) is 7.65. The summed E-state index contributed by atoms with van der Waals surface area (Å²) in [5.41, 5.74) is 3.00. The SMILES string of the molecule is CSc1ccc(-c2cc3c(cc2F)nc2n3CCN(C(C)=O)C2)cc1.FC(F)Oc1ccccc1. The van der Waals surface area contributed by atoms with Crippen molar-refractivity contribution in [3.05, 3.63) is 78.4 Å². The topological polar surface area (TPSA) is 47.4 Å². The molecule has 0 radical (unpaired) electrons. The highest BCUT2D eigenvalue weighted by Gasteiger charge is 2.22. The zero-order valence-electron chi connectivity index (χ0n) is 19.2. The molecule has 9 heteroatoms. The first kappa shape index (κ1) is 24.7. The molecule has 0 spiro atoms. The van der Waals surface area contributed by atoms with Crippen LogP contribution in [0.15, 0.2) is 71.6 Å². The molecule has 1 amide bonds. The number of ether oxygens (including phenoxy) is 1. The first-order valence-electron chi connectivity index (χ1n) is 10.9. The molecule has 35 heavy (non-hydrogen) atoms. The summed E-state index contributed by atoms with van der Waals surface area (Å²) >= 11 is 1.66. The molecule has 1 aliphatic heterocycles. The van der Waals surface area contributed by atoms with Crippen LogP contribution < -0.4 is 4.74 Å². The average Bonchev–Trinajstić information content (AvgIpc) is 3.20. The van der Waals surface area contributed by atoms with Gasteiger partial charge in [0.05, 0.1) is 17.6 Å². The van der Waals surface area contributed by atoms with E-state index in [1.807, 2.05) is 36.6 Å². The molecule has 0 aliphatic carbocycles. The highest BCUT2D eigenvalue weighted by Crippen LogP contribution is 2.30. The number of thioether (sulfide) groups is 1. The lowest BCUT2D eigenvalue weighted by molar-refractivity contribution is -0.130. The van der Waals surface area contributed by atoms with Crippen LogP contribution in [-0.4, -0.2) is 39.8 Å². The summed E-state index contributed by atoms with van der Waals surface area (Å²) < 4.78 is 43.8. The van der Waals surface area contributed by atoms with Crippen molar-refractivity contribution in [2.24, 2.45) is 0 Å².